The van der Waals surface area contributed by atoms with Crippen LogP contribution in [-0.4, -0.2) is 30.5 Å². The summed E-state index contributed by atoms with van der Waals surface area (Å²) in [6, 6.07) is 0. The second-order valence-electron chi connectivity index (χ2n) is 2.68. The number of Topliss-reactive ketones (excluding diaryl/α,β-unsaturated/α-hetero) is 1. The van der Waals surface area contributed by atoms with Crippen molar-refractivity contribution >= 4 is 17.5 Å². The Labute approximate surface area is 79.1 Å². The lowest BCUT2D eigenvalue weighted by Crippen LogP contribution is -2.12. The molecule has 0 fully saturated rings. The zero-order valence-corrected chi connectivity index (χ0v) is 8.95. The Balaban J connectivity index is 3.31. The largest absolute Gasteiger partial charge is 0.385 e. The molecule has 2 nitrogen and oxygen atoms in total. The van der Waals surface area contributed by atoms with Gasteiger partial charge in [0.25, 0.3) is 0 Å². The molecule has 12 heavy (non-hydrogen) atoms. The van der Waals surface area contributed by atoms with Crippen LogP contribution in [0.15, 0.2) is 0 Å². The van der Waals surface area contributed by atoms with Crippen LogP contribution in [0, 0.1) is 0 Å². The number of hydrogen-bond acceptors (Lipinski definition) is 3. The van der Waals surface area contributed by atoms with E-state index in [1.54, 1.807) is 18.9 Å². The number of carbonyl (C=O) groups is 1. The van der Waals surface area contributed by atoms with Gasteiger partial charge in [-0.3, -0.25) is 4.79 Å². The second kappa shape index (κ2) is 7.62. The van der Waals surface area contributed by atoms with Gasteiger partial charge in [0.05, 0.1) is 5.25 Å². The van der Waals surface area contributed by atoms with Crippen LogP contribution in [0.2, 0.25) is 0 Å². The first kappa shape index (κ1) is 12.0. The minimum atomic E-state index is 0.159. The van der Waals surface area contributed by atoms with Crippen LogP contribution in [0.4, 0.5) is 0 Å². The Morgan fingerprint density at radius 1 is 1.58 bits per heavy atom. The van der Waals surface area contributed by atoms with Gasteiger partial charge in [-0.2, -0.15) is 11.8 Å². The van der Waals surface area contributed by atoms with E-state index in [1.807, 2.05) is 13.8 Å². The molecule has 1 unspecified atom stereocenters. The lowest BCUT2D eigenvalue weighted by atomic mass is 10.2. The normalized spacial score (nSPS) is 12.9. The minimum Gasteiger partial charge on any atom is -0.385 e. The number of hydrogen-bond donors (Lipinski definition) is 0. The van der Waals surface area contributed by atoms with Crippen molar-refractivity contribution in [2.45, 2.75) is 31.9 Å². The third-order valence-corrected chi connectivity index (χ3v) is 2.95. The van der Waals surface area contributed by atoms with Crippen LogP contribution < -0.4 is 0 Å². The van der Waals surface area contributed by atoms with E-state index < -0.39 is 0 Å². The molecule has 0 aliphatic carbocycles. The quantitative estimate of drug-likeness (QED) is 0.575. The predicted molar refractivity (Wildman–Crippen MR) is 53.7 cm³/mol. The number of thioether (sulfide) groups is 1. The van der Waals surface area contributed by atoms with Crippen LogP contribution in [0.5, 0.6) is 0 Å². The molecule has 72 valence electrons. The molecule has 0 aromatic rings. The summed E-state index contributed by atoms with van der Waals surface area (Å²) < 4.78 is 4.91. The molecule has 0 bridgehead atoms. The highest BCUT2D eigenvalue weighted by molar-refractivity contribution is 8.00. The van der Waals surface area contributed by atoms with Crippen molar-refractivity contribution in [3.63, 3.8) is 0 Å². The maximum atomic E-state index is 11.1. The fourth-order valence-electron chi connectivity index (χ4n) is 0.844. The average Bonchev–Trinajstić information content (AvgIpc) is 2.10. The molecule has 0 aliphatic rings. The minimum absolute atomic E-state index is 0.159. The smallest absolute Gasteiger partial charge is 0.145 e. The molecule has 3 heteroatoms. The third-order valence-electron chi connectivity index (χ3n) is 1.66. The lowest BCUT2D eigenvalue weighted by molar-refractivity contribution is -0.117. The number of rotatable bonds is 7. The zero-order valence-electron chi connectivity index (χ0n) is 8.13. The highest BCUT2D eigenvalue weighted by Gasteiger charge is 2.09. The van der Waals surface area contributed by atoms with Gasteiger partial charge in [-0.15, -0.1) is 0 Å². The van der Waals surface area contributed by atoms with E-state index in [1.165, 1.54) is 0 Å². The molecule has 1 atom stereocenters. The molecule has 0 aromatic heterocycles. The van der Waals surface area contributed by atoms with Gasteiger partial charge in [-0.1, -0.05) is 6.92 Å². The highest BCUT2D eigenvalue weighted by Crippen LogP contribution is 2.13. The molecule has 0 rings (SSSR count). The summed E-state index contributed by atoms with van der Waals surface area (Å²) in [4.78, 5) is 11.1. The van der Waals surface area contributed by atoms with E-state index in [-0.39, 0.29) is 5.25 Å². The van der Waals surface area contributed by atoms with Crippen LogP contribution in [-0.2, 0) is 9.53 Å². The summed E-state index contributed by atoms with van der Waals surface area (Å²) in [5.74, 6) is 1.36. The van der Waals surface area contributed by atoms with E-state index >= 15 is 0 Å². The van der Waals surface area contributed by atoms with E-state index in [0.29, 0.717) is 12.2 Å². The Bertz CT molecular complexity index is 126. The van der Waals surface area contributed by atoms with Gasteiger partial charge in [0, 0.05) is 20.1 Å². The average molecular weight is 190 g/mol. The van der Waals surface area contributed by atoms with Crippen molar-refractivity contribution in [2.24, 2.45) is 0 Å². The van der Waals surface area contributed by atoms with Crippen LogP contribution >= 0.6 is 11.8 Å². The molecular weight excluding hydrogens is 172 g/mol. The lowest BCUT2D eigenvalue weighted by Gasteiger charge is -2.07. The topological polar surface area (TPSA) is 26.3 Å². The van der Waals surface area contributed by atoms with Crippen molar-refractivity contribution in [1.29, 1.82) is 0 Å². The Morgan fingerprint density at radius 3 is 2.75 bits per heavy atom. The van der Waals surface area contributed by atoms with E-state index in [0.717, 1.165) is 18.8 Å². The van der Waals surface area contributed by atoms with E-state index in [4.69, 9.17) is 4.74 Å². The Morgan fingerprint density at radius 2 is 2.25 bits per heavy atom. The number of ketones is 1. The van der Waals surface area contributed by atoms with Crippen molar-refractivity contribution < 1.29 is 9.53 Å². The molecule has 0 aliphatic heterocycles. The maximum Gasteiger partial charge on any atom is 0.145 e. The zero-order chi connectivity index (χ0) is 9.40. The standard InChI is InChI=1S/C9H18O2S/c1-4-9(10)8(2)12-7-5-6-11-3/h8H,4-7H2,1-3H3. The van der Waals surface area contributed by atoms with Gasteiger partial charge < -0.3 is 4.74 Å². The summed E-state index contributed by atoms with van der Waals surface area (Å²) in [5, 5.41) is 0.159. The van der Waals surface area contributed by atoms with E-state index in [9.17, 15) is 4.79 Å². The molecule has 0 saturated carbocycles. The molecule has 0 radical (unpaired) electrons. The third kappa shape index (κ3) is 5.61. The first-order chi connectivity index (χ1) is 5.72. The fraction of sp³-hybridized carbons (Fsp3) is 0.889. The molecule has 0 heterocycles. The monoisotopic (exact) mass is 190 g/mol. The summed E-state index contributed by atoms with van der Waals surface area (Å²) in [7, 11) is 1.70. The summed E-state index contributed by atoms with van der Waals surface area (Å²) in [6.45, 7) is 4.68. The fourth-order valence-corrected chi connectivity index (χ4v) is 1.83. The van der Waals surface area contributed by atoms with Gasteiger partial charge in [0.15, 0.2) is 0 Å². The van der Waals surface area contributed by atoms with Gasteiger partial charge >= 0.3 is 0 Å². The van der Waals surface area contributed by atoms with Crippen LogP contribution in [0.25, 0.3) is 0 Å². The highest BCUT2D eigenvalue weighted by atomic mass is 32.2. The van der Waals surface area contributed by atoms with Crippen molar-refractivity contribution in [3.8, 4) is 0 Å². The van der Waals surface area contributed by atoms with Crippen LogP contribution in [0.1, 0.15) is 26.7 Å². The summed E-state index contributed by atoms with van der Waals surface area (Å²) in [5.41, 5.74) is 0. The predicted octanol–water partition coefficient (Wildman–Crippen LogP) is 2.12. The molecule has 0 amide bonds. The Hall–Kier alpha value is -0.0200. The van der Waals surface area contributed by atoms with Crippen LogP contribution in [0.3, 0.4) is 0 Å². The number of methoxy groups -OCH3 is 1. The molecule has 0 aromatic carbocycles. The van der Waals surface area contributed by atoms with E-state index in [2.05, 4.69) is 0 Å². The summed E-state index contributed by atoms with van der Waals surface area (Å²) >= 11 is 1.72. The van der Waals surface area contributed by atoms with Crippen molar-refractivity contribution in [3.05, 3.63) is 0 Å². The first-order valence-corrected chi connectivity index (χ1v) is 5.40. The van der Waals surface area contributed by atoms with Gasteiger partial charge in [0.1, 0.15) is 5.78 Å². The maximum absolute atomic E-state index is 11.1. The van der Waals surface area contributed by atoms with Gasteiger partial charge in [0.2, 0.25) is 0 Å². The molecular formula is C9H18O2S. The first-order valence-electron chi connectivity index (χ1n) is 4.35. The van der Waals surface area contributed by atoms with Gasteiger partial charge in [-0.25, -0.2) is 0 Å². The second-order valence-corrected chi connectivity index (χ2v) is 4.13. The number of ether oxygens (including phenoxy) is 1. The van der Waals surface area contributed by atoms with Crippen molar-refractivity contribution in [2.75, 3.05) is 19.5 Å². The van der Waals surface area contributed by atoms with Crippen molar-refractivity contribution in [1.82, 2.24) is 0 Å². The molecule has 0 saturated heterocycles. The number of carbonyl (C=O) groups excluding carboxylic acids is 1. The molecule has 0 N–H and O–H groups in total. The summed E-state index contributed by atoms with van der Waals surface area (Å²) in [6.07, 6.45) is 1.68. The SMILES string of the molecule is CCC(=O)C(C)SCCCOC. The molecule has 0 spiro atoms. The van der Waals surface area contributed by atoms with Gasteiger partial charge in [-0.05, 0) is 19.1 Å². The Kier molecular flexibility index (Phi) is 7.61.